The lowest BCUT2D eigenvalue weighted by Crippen LogP contribution is -2.42. The van der Waals surface area contributed by atoms with Crippen molar-refractivity contribution in [1.29, 1.82) is 0 Å². The van der Waals surface area contributed by atoms with Crippen LogP contribution in [0.15, 0.2) is 0 Å². The second kappa shape index (κ2) is 8.48. The highest BCUT2D eigenvalue weighted by Crippen LogP contribution is 2.30. The lowest BCUT2D eigenvalue weighted by Gasteiger charge is -2.38. The molecule has 0 aliphatic heterocycles. The number of alkyl halides is 1. The van der Waals surface area contributed by atoms with E-state index in [1.807, 2.05) is 0 Å². The summed E-state index contributed by atoms with van der Waals surface area (Å²) in [7, 11) is 0. The zero-order valence-corrected chi connectivity index (χ0v) is 12.9. The SMILES string of the molecule is CCC(CC)(CBr)CN(CCCO)C(C)C. The molecule has 2 nitrogen and oxygen atoms in total. The van der Waals surface area contributed by atoms with Gasteiger partial charge in [-0.3, -0.25) is 0 Å². The monoisotopic (exact) mass is 293 g/mol. The Morgan fingerprint density at radius 2 is 1.81 bits per heavy atom. The fourth-order valence-corrected chi connectivity index (χ4v) is 2.90. The molecule has 0 unspecified atom stereocenters. The van der Waals surface area contributed by atoms with Crippen LogP contribution in [-0.4, -0.2) is 41.1 Å². The minimum Gasteiger partial charge on any atom is -0.396 e. The minimum absolute atomic E-state index is 0.294. The van der Waals surface area contributed by atoms with E-state index in [2.05, 4.69) is 48.5 Å². The molecule has 0 heterocycles. The Hall–Kier alpha value is 0.400. The average Bonchev–Trinajstić information content (AvgIpc) is 2.30. The van der Waals surface area contributed by atoms with Gasteiger partial charge in [-0.1, -0.05) is 29.8 Å². The number of hydrogen-bond acceptors (Lipinski definition) is 2. The molecule has 98 valence electrons. The molecule has 0 aromatic carbocycles. The molecule has 0 rings (SSSR count). The van der Waals surface area contributed by atoms with Crippen molar-refractivity contribution in [3.8, 4) is 0 Å². The molecule has 0 bridgehead atoms. The number of halogens is 1. The van der Waals surface area contributed by atoms with E-state index in [0.717, 1.165) is 24.8 Å². The van der Waals surface area contributed by atoms with Crippen molar-refractivity contribution in [3.63, 3.8) is 0 Å². The second-order valence-corrected chi connectivity index (χ2v) is 5.54. The third-order valence-corrected chi connectivity index (χ3v) is 4.85. The van der Waals surface area contributed by atoms with Crippen LogP contribution in [0.3, 0.4) is 0 Å². The summed E-state index contributed by atoms with van der Waals surface area (Å²) < 4.78 is 0. The van der Waals surface area contributed by atoms with Crippen molar-refractivity contribution in [2.45, 2.75) is 53.0 Å². The van der Waals surface area contributed by atoms with Gasteiger partial charge < -0.3 is 10.0 Å². The Bertz CT molecular complexity index is 161. The molecule has 0 atom stereocenters. The lowest BCUT2D eigenvalue weighted by molar-refractivity contribution is 0.119. The topological polar surface area (TPSA) is 23.5 Å². The summed E-state index contributed by atoms with van der Waals surface area (Å²) >= 11 is 3.66. The highest BCUT2D eigenvalue weighted by Gasteiger charge is 2.28. The number of aliphatic hydroxyl groups is 1. The van der Waals surface area contributed by atoms with Gasteiger partial charge in [0.15, 0.2) is 0 Å². The Labute approximate surface area is 110 Å². The largest absolute Gasteiger partial charge is 0.396 e. The van der Waals surface area contributed by atoms with Crippen molar-refractivity contribution in [2.75, 3.05) is 25.0 Å². The van der Waals surface area contributed by atoms with E-state index in [9.17, 15) is 0 Å². The fourth-order valence-electron chi connectivity index (χ4n) is 1.93. The van der Waals surface area contributed by atoms with Gasteiger partial charge in [0.1, 0.15) is 0 Å². The van der Waals surface area contributed by atoms with Gasteiger partial charge in [-0.15, -0.1) is 0 Å². The standard InChI is InChI=1S/C13H28BrNO/c1-5-13(6-2,10-14)11-15(12(3)4)8-7-9-16/h12,16H,5-11H2,1-4H3. The van der Waals surface area contributed by atoms with E-state index in [4.69, 9.17) is 5.11 Å². The summed E-state index contributed by atoms with van der Waals surface area (Å²) in [5.74, 6) is 0. The summed E-state index contributed by atoms with van der Waals surface area (Å²) in [4.78, 5) is 2.49. The third-order valence-electron chi connectivity index (χ3n) is 3.66. The van der Waals surface area contributed by atoms with Crippen LogP contribution in [0.2, 0.25) is 0 Å². The van der Waals surface area contributed by atoms with Gasteiger partial charge in [0.2, 0.25) is 0 Å². The van der Waals surface area contributed by atoms with Crippen LogP contribution in [0.5, 0.6) is 0 Å². The molecular formula is C13H28BrNO. The van der Waals surface area contributed by atoms with Crippen LogP contribution in [0.4, 0.5) is 0 Å². The van der Waals surface area contributed by atoms with Gasteiger partial charge in [0.05, 0.1) is 0 Å². The van der Waals surface area contributed by atoms with Crippen molar-refractivity contribution in [1.82, 2.24) is 4.90 Å². The Kier molecular flexibility index (Phi) is 8.70. The summed E-state index contributed by atoms with van der Waals surface area (Å²) in [6, 6.07) is 0.558. The van der Waals surface area contributed by atoms with Gasteiger partial charge in [-0.25, -0.2) is 0 Å². The van der Waals surface area contributed by atoms with Crippen molar-refractivity contribution < 1.29 is 5.11 Å². The van der Waals surface area contributed by atoms with Crippen LogP contribution >= 0.6 is 15.9 Å². The van der Waals surface area contributed by atoms with E-state index in [1.54, 1.807) is 0 Å². The van der Waals surface area contributed by atoms with Crippen LogP contribution in [-0.2, 0) is 0 Å². The van der Waals surface area contributed by atoms with Gasteiger partial charge in [0.25, 0.3) is 0 Å². The smallest absolute Gasteiger partial charge is 0.0443 e. The Morgan fingerprint density at radius 1 is 1.25 bits per heavy atom. The van der Waals surface area contributed by atoms with Crippen LogP contribution < -0.4 is 0 Å². The average molecular weight is 294 g/mol. The maximum atomic E-state index is 8.93. The molecule has 0 fully saturated rings. The van der Waals surface area contributed by atoms with Gasteiger partial charge in [-0.05, 0) is 38.5 Å². The summed E-state index contributed by atoms with van der Waals surface area (Å²) in [5.41, 5.74) is 0.389. The molecular weight excluding hydrogens is 266 g/mol. The van der Waals surface area contributed by atoms with Crippen LogP contribution in [0.1, 0.15) is 47.0 Å². The molecule has 16 heavy (non-hydrogen) atoms. The van der Waals surface area contributed by atoms with Crippen molar-refractivity contribution >= 4 is 15.9 Å². The summed E-state index contributed by atoms with van der Waals surface area (Å²) in [6.07, 6.45) is 3.29. The van der Waals surface area contributed by atoms with Gasteiger partial charge >= 0.3 is 0 Å². The fraction of sp³-hybridized carbons (Fsp3) is 1.00. The molecule has 0 radical (unpaired) electrons. The van der Waals surface area contributed by atoms with E-state index < -0.39 is 0 Å². The molecule has 0 aliphatic carbocycles. The summed E-state index contributed by atoms with van der Waals surface area (Å²) in [5, 5.41) is 10.00. The first kappa shape index (κ1) is 16.4. The van der Waals surface area contributed by atoms with Crippen molar-refractivity contribution in [2.24, 2.45) is 5.41 Å². The first-order valence-electron chi connectivity index (χ1n) is 6.46. The molecule has 3 heteroatoms. The molecule has 0 aromatic heterocycles. The van der Waals surface area contributed by atoms with Crippen LogP contribution in [0.25, 0.3) is 0 Å². The number of hydrogen-bond donors (Lipinski definition) is 1. The first-order valence-corrected chi connectivity index (χ1v) is 7.58. The van der Waals surface area contributed by atoms with E-state index in [0.29, 0.717) is 18.1 Å². The molecule has 0 amide bonds. The number of rotatable bonds is 9. The van der Waals surface area contributed by atoms with E-state index in [1.165, 1.54) is 12.8 Å². The normalized spacial score (nSPS) is 12.8. The van der Waals surface area contributed by atoms with Gasteiger partial charge in [0, 0.05) is 31.1 Å². The predicted octanol–water partition coefficient (Wildman–Crippen LogP) is 3.28. The molecule has 0 saturated carbocycles. The Balaban J connectivity index is 4.44. The zero-order chi connectivity index (χ0) is 12.6. The molecule has 0 aliphatic rings. The third kappa shape index (κ3) is 5.15. The highest BCUT2D eigenvalue weighted by atomic mass is 79.9. The highest BCUT2D eigenvalue weighted by molar-refractivity contribution is 9.09. The van der Waals surface area contributed by atoms with Crippen molar-refractivity contribution in [3.05, 3.63) is 0 Å². The van der Waals surface area contributed by atoms with Crippen LogP contribution in [0, 0.1) is 5.41 Å². The zero-order valence-electron chi connectivity index (χ0n) is 11.3. The lowest BCUT2D eigenvalue weighted by atomic mass is 9.83. The molecule has 0 saturated heterocycles. The maximum absolute atomic E-state index is 8.93. The molecule has 1 N–H and O–H groups in total. The minimum atomic E-state index is 0.294. The first-order chi connectivity index (χ1) is 7.55. The predicted molar refractivity (Wildman–Crippen MR) is 75.2 cm³/mol. The molecule has 0 spiro atoms. The van der Waals surface area contributed by atoms with E-state index >= 15 is 0 Å². The quantitative estimate of drug-likeness (QED) is 0.660. The second-order valence-electron chi connectivity index (χ2n) is 4.98. The van der Waals surface area contributed by atoms with E-state index in [-0.39, 0.29) is 0 Å². The number of nitrogens with zero attached hydrogens (tertiary/aromatic N) is 1. The number of aliphatic hydroxyl groups excluding tert-OH is 1. The maximum Gasteiger partial charge on any atom is 0.0443 e. The Morgan fingerprint density at radius 3 is 2.12 bits per heavy atom. The summed E-state index contributed by atoms with van der Waals surface area (Å²) in [6.45, 7) is 11.4. The van der Waals surface area contributed by atoms with Gasteiger partial charge in [-0.2, -0.15) is 0 Å². The molecule has 0 aromatic rings.